The molecule has 3 heterocycles. The van der Waals surface area contributed by atoms with Gasteiger partial charge in [0.2, 0.25) is 0 Å². The Labute approximate surface area is 161 Å². The predicted molar refractivity (Wildman–Crippen MR) is 96.3 cm³/mol. The molecule has 8 heteroatoms. The number of fused-ring (bicyclic) bond motifs is 1. The third-order valence-electron chi connectivity index (χ3n) is 3.79. The van der Waals surface area contributed by atoms with Crippen LogP contribution in [0.4, 0.5) is 23.0 Å². The van der Waals surface area contributed by atoms with Crippen LogP contribution in [0.3, 0.4) is 0 Å². The van der Waals surface area contributed by atoms with Crippen LogP contribution in [0.1, 0.15) is 5.69 Å². The first-order valence-corrected chi connectivity index (χ1v) is 8.55. The molecule has 0 spiro atoms. The van der Waals surface area contributed by atoms with Crippen molar-refractivity contribution in [2.75, 3.05) is 9.62 Å². The molecule has 0 saturated heterocycles. The van der Waals surface area contributed by atoms with E-state index in [1.165, 1.54) is 0 Å². The Hall–Kier alpha value is -2.07. The molecule has 3 aromatic rings. The Morgan fingerprint density at radius 1 is 0.880 bits per heavy atom. The average molecular weight is 523 g/mol. The van der Waals surface area contributed by atoms with Crippen LogP contribution in [-0.2, 0) is 30.8 Å². The second-order valence-electron chi connectivity index (χ2n) is 5.31. The summed E-state index contributed by atoms with van der Waals surface area (Å²) >= 11 is 0. The normalized spacial score (nSPS) is 12.5. The molecule has 0 N–H and O–H groups in total. The first kappa shape index (κ1) is 17.7. The summed E-state index contributed by atoms with van der Waals surface area (Å²) in [7, 11) is 2.05. The molecular formula is C17H13BIrN4OP. The van der Waals surface area contributed by atoms with Gasteiger partial charge in [-0.15, -0.1) is 0 Å². The van der Waals surface area contributed by atoms with Gasteiger partial charge < -0.3 is 9.62 Å². The zero-order chi connectivity index (χ0) is 16.4. The molecule has 1 aromatic carbocycles. The van der Waals surface area contributed by atoms with Crippen molar-refractivity contribution in [2.45, 2.75) is 6.16 Å². The van der Waals surface area contributed by atoms with Gasteiger partial charge in [-0.1, -0.05) is 24.3 Å². The zero-order valence-electron chi connectivity index (χ0n) is 13.1. The van der Waals surface area contributed by atoms with Crippen molar-refractivity contribution in [3.05, 3.63) is 72.6 Å². The van der Waals surface area contributed by atoms with E-state index in [2.05, 4.69) is 22.1 Å². The second-order valence-corrected chi connectivity index (χ2v) is 5.88. The van der Waals surface area contributed by atoms with Crippen molar-refractivity contribution >= 4 is 39.0 Å². The molecule has 0 bridgehead atoms. The van der Waals surface area contributed by atoms with E-state index in [0.717, 1.165) is 28.7 Å². The van der Waals surface area contributed by atoms with Gasteiger partial charge in [-0.25, -0.2) is 9.97 Å². The molecule has 4 rings (SSSR count). The smallest absolute Gasteiger partial charge is 0.351 e. The SMILES string of the molecule is O=PCc1cccc(N2[B]N(c3ccccn3)c3ccccc32)n1.[Ir]. The molecule has 124 valence electrons. The molecule has 0 amide bonds. The maximum absolute atomic E-state index is 10.9. The number of rotatable bonds is 4. The number of anilines is 4. The summed E-state index contributed by atoms with van der Waals surface area (Å²) in [4.78, 5) is 13.1. The minimum absolute atomic E-state index is 0. The molecule has 0 fully saturated rings. The van der Waals surface area contributed by atoms with Crippen molar-refractivity contribution in [3.8, 4) is 0 Å². The van der Waals surface area contributed by atoms with E-state index in [-0.39, 0.29) is 28.6 Å². The van der Waals surface area contributed by atoms with E-state index in [1.807, 2.05) is 65.7 Å². The molecule has 0 unspecified atom stereocenters. The van der Waals surface area contributed by atoms with E-state index in [9.17, 15) is 4.57 Å². The Morgan fingerprint density at radius 2 is 1.56 bits per heavy atom. The zero-order valence-corrected chi connectivity index (χ0v) is 16.4. The van der Waals surface area contributed by atoms with E-state index < -0.39 is 0 Å². The van der Waals surface area contributed by atoms with Crippen LogP contribution in [0, 0.1) is 0 Å². The largest absolute Gasteiger partial charge is 0.403 e. The second kappa shape index (κ2) is 7.88. The number of hydrogen-bond acceptors (Lipinski definition) is 5. The van der Waals surface area contributed by atoms with Crippen LogP contribution in [0.25, 0.3) is 0 Å². The summed E-state index contributed by atoms with van der Waals surface area (Å²) < 4.78 is 10.9. The number of nitrogens with zero attached hydrogens (tertiary/aromatic N) is 4. The van der Waals surface area contributed by atoms with Crippen molar-refractivity contribution in [1.82, 2.24) is 9.97 Å². The van der Waals surface area contributed by atoms with E-state index in [1.54, 1.807) is 6.20 Å². The fraction of sp³-hybridized carbons (Fsp3) is 0.0588. The van der Waals surface area contributed by atoms with Gasteiger partial charge in [0.25, 0.3) is 0 Å². The van der Waals surface area contributed by atoms with Crippen molar-refractivity contribution < 1.29 is 24.7 Å². The van der Waals surface area contributed by atoms with Crippen LogP contribution in [0.2, 0.25) is 0 Å². The Bertz CT molecular complexity index is 883. The van der Waals surface area contributed by atoms with Crippen molar-refractivity contribution in [2.24, 2.45) is 0 Å². The summed E-state index contributed by atoms with van der Waals surface area (Å²) in [6.45, 7) is 0. The molecule has 2 aromatic heterocycles. The van der Waals surface area contributed by atoms with Crippen LogP contribution >= 0.6 is 8.46 Å². The molecule has 1 aliphatic rings. The minimum atomic E-state index is 0. The van der Waals surface area contributed by atoms with Gasteiger partial charge in [0.1, 0.15) is 11.6 Å². The van der Waals surface area contributed by atoms with Crippen LogP contribution in [0.15, 0.2) is 66.9 Å². The van der Waals surface area contributed by atoms with E-state index in [0.29, 0.717) is 6.16 Å². The van der Waals surface area contributed by atoms with Crippen LogP contribution in [0.5, 0.6) is 0 Å². The first-order valence-electron chi connectivity index (χ1n) is 7.55. The first-order chi connectivity index (χ1) is 11.9. The Balaban J connectivity index is 0.00000182. The number of hydrogen-bond donors (Lipinski definition) is 0. The molecule has 1 aliphatic heterocycles. The fourth-order valence-electron chi connectivity index (χ4n) is 2.73. The quantitative estimate of drug-likeness (QED) is 0.381. The molecule has 0 aliphatic carbocycles. The number of pyridine rings is 2. The number of benzene rings is 1. The standard InChI is InChI=1S/C17H13BN4OP.Ir/c23-24-12-13-6-5-10-17(20-13)22-15-8-2-1-7-14(15)21(18-22)16-9-3-4-11-19-16;/h1-11H,12H2;. The van der Waals surface area contributed by atoms with E-state index in [4.69, 9.17) is 0 Å². The molecule has 0 atom stereocenters. The molecule has 0 saturated carbocycles. The topological polar surface area (TPSA) is 49.3 Å². The Morgan fingerprint density at radius 3 is 2.24 bits per heavy atom. The maximum Gasteiger partial charge on any atom is 0.403 e. The van der Waals surface area contributed by atoms with Crippen LogP contribution < -0.4 is 9.62 Å². The summed E-state index contributed by atoms with van der Waals surface area (Å²) in [5, 5.41) is 0. The number of para-hydroxylation sites is 2. The maximum atomic E-state index is 10.9. The summed E-state index contributed by atoms with van der Waals surface area (Å²) in [5.74, 6) is 1.64. The predicted octanol–water partition coefficient (Wildman–Crippen LogP) is 4.09. The van der Waals surface area contributed by atoms with Gasteiger partial charge in [-0.3, -0.25) is 4.57 Å². The summed E-state index contributed by atoms with van der Waals surface area (Å²) in [5.41, 5.74) is 2.88. The third-order valence-corrected chi connectivity index (χ3v) is 4.25. The molecular weight excluding hydrogens is 510 g/mol. The van der Waals surface area contributed by atoms with Gasteiger partial charge >= 0.3 is 7.55 Å². The van der Waals surface area contributed by atoms with Gasteiger partial charge in [-0.2, -0.15) is 0 Å². The summed E-state index contributed by atoms with van der Waals surface area (Å²) in [6.07, 6.45) is 2.19. The van der Waals surface area contributed by atoms with Crippen molar-refractivity contribution in [3.63, 3.8) is 0 Å². The van der Waals surface area contributed by atoms with Gasteiger partial charge in [0.15, 0.2) is 8.46 Å². The average Bonchev–Trinajstić information content (AvgIpc) is 3.03. The summed E-state index contributed by atoms with van der Waals surface area (Å²) in [6, 6.07) is 19.7. The van der Waals surface area contributed by atoms with Gasteiger partial charge in [0, 0.05) is 26.3 Å². The number of aromatic nitrogens is 2. The Kier molecular flexibility index (Phi) is 5.59. The molecule has 25 heavy (non-hydrogen) atoms. The fourth-order valence-corrected chi connectivity index (χ4v) is 3.04. The minimum Gasteiger partial charge on any atom is -0.351 e. The molecule has 2 radical (unpaired) electrons. The van der Waals surface area contributed by atoms with Gasteiger partial charge in [0.05, 0.1) is 23.2 Å². The van der Waals surface area contributed by atoms with Crippen LogP contribution in [-0.4, -0.2) is 17.5 Å². The third kappa shape index (κ3) is 3.50. The van der Waals surface area contributed by atoms with Gasteiger partial charge in [-0.05, 0) is 36.4 Å². The molecule has 5 nitrogen and oxygen atoms in total. The van der Waals surface area contributed by atoms with E-state index >= 15 is 0 Å². The monoisotopic (exact) mass is 524 g/mol. The van der Waals surface area contributed by atoms with Crippen molar-refractivity contribution in [1.29, 1.82) is 0 Å².